The lowest BCUT2D eigenvalue weighted by atomic mass is 9.68. The molecule has 1 aliphatic carbocycles. The maximum Gasteiger partial charge on any atom is 0.0465 e. The third-order valence-electron chi connectivity index (χ3n) is 4.73. The van der Waals surface area contributed by atoms with Gasteiger partial charge in [0.1, 0.15) is 0 Å². The van der Waals surface area contributed by atoms with E-state index in [4.69, 9.17) is 4.74 Å². The second-order valence-electron chi connectivity index (χ2n) is 6.69. The third-order valence-corrected chi connectivity index (χ3v) is 4.73. The summed E-state index contributed by atoms with van der Waals surface area (Å²) >= 11 is 0. The molecule has 2 nitrogen and oxygen atoms in total. The Morgan fingerprint density at radius 2 is 1.78 bits per heavy atom. The molecule has 18 heavy (non-hydrogen) atoms. The van der Waals surface area contributed by atoms with Crippen molar-refractivity contribution < 1.29 is 4.74 Å². The van der Waals surface area contributed by atoms with Gasteiger partial charge in [-0.3, -0.25) is 0 Å². The van der Waals surface area contributed by atoms with Crippen LogP contribution in [0.2, 0.25) is 0 Å². The molecule has 0 aromatic carbocycles. The van der Waals surface area contributed by atoms with Crippen molar-refractivity contribution in [2.75, 3.05) is 20.8 Å². The van der Waals surface area contributed by atoms with E-state index in [1.165, 1.54) is 38.5 Å². The molecule has 1 aliphatic rings. The summed E-state index contributed by atoms with van der Waals surface area (Å²) < 4.78 is 5.26. The van der Waals surface area contributed by atoms with Gasteiger partial charge < -0.3 is 10.1 Å². The lowest BCUT2D eigenvalue weighted by Crippen LogP contribution is -2.47. The molecule has 0 aromatic heterocycles. The molecule has 1 fully saturated rings. The SMILES string of the molecule is CNC(C(C)CCOC)C1(CC(C)C)CCCC1. The molecule has 1 N–H and O–H groups in total. The molecular weight excluding hydrogens is 222 g/mol. The Balaban J connectivity index is 2.73. The van der Waals surface area contributed by atoms with Crippen molar-refractivity contribution in [3.8, 4) is 0 Å². The molecule has 0 bridgehead atoms. The predicted molar refractivity (Wildman–Crippen MR) is 78.9 cm³/mol. The lowest BCUT2D eigenvalue weighted by Gasteiger charge is -2.42. The van der Waals surface area contributed by atoms with Crippen molar-refractivity contribution in [3.63, 3.8) is 0 Å². The molecule has 2 atom stereocenters. The van der Waals surface area contributed by atoms with Crippen molar-refractivity contribution in [2.24, 2.45) is 17.3 Å². The fourth-order valence-electron chi connectivity index (χ4n) is 4.20. The van der Waals surface area contributed by atoms with E-state index in [1.54, 1.807) is 7.11 Å². The highest BCUT2D eigenvalue weighted by molar-refractivity contribution is 4.96. The van der Waals surface area contributed by atoms with Crippen molar-refractivity contribution in [2.45, 2.75) is 65.3 Å². The molecule has 0 heterocycles. The highest BCUT2D eigenvalue weighted by Crippen LogP contribution is 2.48. The van der Waals surface area contributed by atoms with Crippen LogP contribution in [0.5, 0.6) is 0 Å². The van der Waals surface area contributed by atoms with Crippen LogP contribution < -0.4 is 5.32 Å². The fourth-order valence-corrected chi connectivity index (χ4v) is 4.20. The standard InChI is InChI=1S/C16H33NO/c1-13(2)12-16(9-6-7-10-16)15(17-4)14(3)8-11-18-5/h13-15,17H,6-12H2,1-5H3. The molecule has 0 spiro atoms. The van der Waals surface area contributed by atoms with Gasteiger partial charge in [-0.25, -0.2) is 0 Å². The van der Waals surface area contributed by atoms with Gasteiger partial charge in [0, 0.05) is 19.8 Å². The van der Waals surface area contributed by atoms with Crippen LogP contribution in [-0.2, 0) is 4.74 Å². The maximum absolute atomic E-state index is 5.26. The number of rotatable bonds is 8. The summed E-state index contributed by atoms with van der Waals surface area (Å²) in [5, 5.41) is 3.64. The average molecular weight is 255 g/mol. The quantitative estimate of drug-likeness (QED) is 0.711. The summed E-state index contributed by atoms with van der Waals surface area (Å²) in [4.78, 5) is 0. The number of ether oxygens (including phenoxy) is 1. The zero-order chi connectivity index (χ0) is 13.6. The Hall–Kier alpha value is -0.0800. The summed E-state index contributed by atoms with van der Waals surface area (Å²) in [5.41, 5.74) is 0.538. The second kappa shape index (κ2) is 7.49. The fraction of sp³-hybridized carbons (Fsp3) is 1.00. The van der Waals surface area contributed by atoms with Gasteiger partial charge >= 0.3 is 0 Å². The van der Waals surface area contributed by atoms with E-state index in [2.05, 4.69) is 33.1 Å². The highest BCUT2D eigenvalue weighted by atomic mass is 16.5. The van der Waals surface area contributed by atoms with Gasteiger partial charge in [0.15, 0.2) is 0 Å². The van der Waals surface area contributed by atoms with Gasteiger partial charge in [0.25, 0.3) is 0 Å². The minimum atomic E-state index is 0.538. The predicted octanol–water partition coefficient (Wildman–Crippen LogP) is 3.85. The van der Waals surface area contributed by atoms with Crippen LogP contribution in [0.25, 0.3) is 0 Å². The van der Waals surface area contributed by atoms with Gasteiger partial charge in [0.05, 0.1) is 0 Å². The maximum atomic E-state index is 5.26. The molecule has 0 saturated heterocycles. The molecule has 0 aliphatic heterocycles. The Morgan fingerprint density at radius 1 is 1.17 bits per heavy atom. The van der Waals surface area contributed by atoms with E-state index in [1.807, 2.05) is 0 Å². The van der Waals surface area contributed by atoms with Crippen LogP contribution >= 0.6 is 0 Å². The summed E-state index contributed by atoms with van der Waals surface area (Å²) in [6.45, 7) is 8.01. The van der Waals surface area contributed by atoms with Crippen LogP contribution in [0.1, 0.15) is 59.3 Å². The van der Waals surface area contributed by atoms with Gasteiger partial charge in [0.2, 0.25) is 0 Å². The van der Waals surface area contributed by atoms with Gasteiger partial charge in [-0.05, 0) is 50.0 Å². The van der Waals surface area contributed by atoms with Gasteiger partial charge in [-0.15, -0.1) is 0 Å². The van der Waals surface area contributed by atoms with Crippen LogP contribution in [0.15, 0.2) is 0 Å². The number of nitrogens with one attached hydrogen (secondary N) is 1. The topological polar surface area (TPSA) is 21.3 Å². The number of hydrogen-bond acceptors (Lipinski definition) is 2. The molecule has 2 unspecified atom stereocenters. The molecular formula is C16H33NO. The Morgan fingerprint density at radius 3 is 2.22 bits per heavy atom. The Labute approximate surface area is 114 Å². The van der Waals surface area contributed by atoms with Gasteiger partial charge in [-0.1, -0.05) is 33.6 Å². The zero-order valence-corrected chi connectivity index (χ0v) is 13.1. The second-order valence-corrected chi connectivity index (χ2v) is 6.69. The van der Waals surface area contributed by atoms with E-state index >= 15 is 0 Å². The minimum Gasteiger partial charge on any atom is -0.385 e. The first-order valence-corrected chi connectivity index (χ1v) is 7.72. The van der Waals surface area contributed by atoms with Crippen LogP contribution in [0.4, 0.5) is 0 Å². The van der Waals surface area contributed by atoms with Crippen molar-refractivity contribution in [1.29, 1.82) is 0 Å². The largest absolute Gasteiger partial charge is 0.385 e. The Bertz CT molecular complexity index is 221. The number of methoxy groups -OCH3 is 1. The highest BCUT2D eigenvalue weighted by Gasteiger charge is 2.42. The molecule has 2 heteroatoms. The average Bonchev–Trinajstić information content (AvgIpc) is 2.75. The first-order valence-electron chi connectivity index (χ1n) is 7.72. The molecule has 1 rings (SSSR count). The Kier molecular flexibility index (Phi) is 6.65. The van der Waals surface area contributed by atoms with Crippen molar-refractivity contribution in [3.05, 3.63) is 0 Å². The minimum absolute atomic E-state index is 0.538. The summed E-state index contributed by atoms with van der Waals surface area (Å²) in [6.07, 6.45) is 8.20. The zero-order valence-electron chi connectivity index (χ0n) is 13.1. The normalized spacial score (nSPS) is 22.3. The summed E-state index contributed by atoms with van der Waals surface area (Å²) in [5.74, 6) is 1.50. The van der Waals surface area contributed by atoms with E-state index in [0.717, 1.165) is 12.5 Å². The van der Waals surface area contributed by atoms with Crippen molar-refractivity contribution >= 4 is 0 Å². The molecule has 0 radical (unpaired) electrons. The third kappa shape index (κ3) is 3.96. The van der Waals surface area contributed by atoms with E-state index in [-0.39, 0.29) is 0 Å². The summed E-state index contributed by atoms with van der Waals surface area (Å²) in [7, 11) is 3.95. The monoisotopic (exact) mass is 255 g/mol. The van der Waals surface area contributed by atoms with Crippen LogP contribution in [-0.4, -0.2) is 26.8 Å². The molecule has 0 amide bonds. The molecule has 0 aromatic rings. The van der Waals surface area contributed by atoms with E-state index in [0.29, 0.717) is 17.4 Å². The molecule has 1 saturated carbocycles. The number of hydrogen-bond donors (Lipinski definition) is 1. The van der Waals surface area contributed by atoms with Crippen molar-refractivity contribution in [1.82, 2.24) is 5.32 Å². The van der Waals surface area contributed by atoms with Gasteiger partial charge in [-0.2, -0.15) is 0 Å². The first kappa shape index (κ1) is 16.0. The first-order chi connectivity index (χ1) is 8.55. The molecule has 108 valence electrons. The van der Waals surface area contributed by atoms with Crippen LogP contribution in [0, 0.1) is 17.3 Å². The smallest absolute Gasteiger partial charge is 0.0465 e. The van der Waals surface area contributed by atoms with E-state index in [9.17, 15) is 0 Å². The van der Waals surface area contributed by atoms with E-state index < -0.39 is 0 Å². The van der Waals surface area contributed by atoms with Crippen LogP contribution in [0.3, 0.4) is 0 Å². The lowest BCUT2D eigenvalue weighted by molar-refractivity contribution is 0.0981. The summed E-state index contributed by atoms with van der Waals surface area (Å²) in [6, 6.07) is 0.651.